The molecule has 2 aromatic rings. The maximum absolute atomic E-state index is 12.6. The number of rotatable bonds is 4. The van der Waals surface area contributed by atoms with E-state index in [4.69, 9.17) is 9.47 Å². The van der Waals surface area contributed by atoms with Crippen LogP contribution in [0.2, 0.25) is 0 Å². The molecular weight excluding hydrogens is 372 g/mol. The molecule has 1 amide bonds. The van der Waals surface area contributed by atoms with Crippen molar-refractivity contribution in [2.75, 3.05) is 43.6 Å². The van der Waals surface area contributed by atoms with Crippen LogP contribution in [-0.4, -0.2) is 39.3 Å². The summed E-state index contributed by atoms with van der Waals surface area (Å²) in [5.74, 6) is 0.492. The minimum atomic E-state index is -0.165. The van der Waals surface area contributed by atoms with Gasteiger partial charge in [0.1, 0.15) is 5.75 Å². The van der Waals surface area contributed by atoms with Crippen molar-refractivity contribution in [3.63, 3.8) is 0 Å². The van der Waals surface area contributed by atoms with Crippen molar-refractivity contribution in [1.82, 2.24) is 0 Å². The SMILES string of the molecule is COc1cccc(C(=O)Nc2cc(Br)ccc2N2CCOCC2)c1. The van der Waals surface area contributed by atoms with Gasteiger partial charge in [0.05, 0.1) is 31.7 Å². The number of benzene rings is 2. The first-order valence-corrected chi connectivity index (χ1v) is 8.54. The molecular formula is C18H19BrN2O3. The number of amides is 1. The zero-order chi connectivity index (χ0) is 16.9. The molecule has 24 heavy (non-hydrogen) atoms. The average Bonchev–Trinajstić information content (AvgIpc) is 2.62. The van der Waals surface area contributed by atoms with Crippen LogP contribution in [0, 0.1) is 0 Å². The smallest absolute Gasteiger partial charge is 0.255 e. The third-order valence-electron chi connectivity index (χ3n) is 3.89. The number of morpholine rings is 1. The molecule has 1 fully saturated rings. The van der Waals surface area contributed by atoms with E-state index in [0.717, 1.165) is 28.9 Å². The number of carbonyl (C=O) groups excluding carboxylic acids is 1. The third-order valence-corrected chi connectivity index (χ3v) is 4.38. The molecule has 0 aliphatic carbocycles. The second-order valence-corrected chi connectivity index (χ2v) is 6.36. The lowest BCUT2D eigenvalue weighted by molar-refractivity contribution is 0.102. The van der Waals surface area contributed by atoms with E-state index < -0.39 is 0 Å². The molecule has 1 aliphatic rings. The summed E-state index contributed by atoms with van der Waals surface area (Å²) in [5.41, 5.74) is 2.33. The van der Waals surface area contributed by atoms with Gasteiger partial charge in [0.15, 0.2) is 0 Å². The molecule has 2 aromatic carbocycles. The minimum Gasteiger partial charge on any atom is -0.497 e. The van der Waals surface area contributed by atoms with Crippen LogP contribution in [-0.2, 0) is 4.74 Å². The van der Waals surface area contributed by atoms with Crippen molar-refractivity contribution in [1.29, 1.82) is 0 Å². The van der Waals surface area contributed by atoms with Gasteiger partial charge in [-0.15, -0.1) is 0 Å². The zero-order valence-corrected chi connectivity index (χ0v) is 15.0. The normalized spacial score (nSPS) is 14.3. The number of anilines is 2. The number of hydrogen-bond acceptors (Lipinski definition) is 4. The van der Waals surface area contributed by atoms with Gasteiger partial charge < -0.3 is 19.7 Å². The van der Waals surface area contributed by atoms with Crippen LogP contribution in [0.15, 0.2) is 46.9 Å². The lowest BCUT2D eigenvalue weighted by Gasteiger charge is -2.30. The summed E-state index contributed by atoms with van der Waals surface area (Å²) in [6.45, 7) is 3.01. The van der Waals surface area contributed by atoms with Crippen molar-refractivity contribution >= 4 is 33.2 Å². The molecule has 0 atom stereocenters. The maximum atomic E-state index is 12.6. The van der Waals surface area contributed by atoms with Gasteiger partial charge in [-0.3, -0.25) is 4.79 Å². The summed E-state index contributed by atoms with van der Waals surface area (Å²) in [4.78, 5) is 14.8. The summed E-state index contributed by atoms with van der Waals surface area (Å²) in [6.07, 6.45) is 0. The quantitative estimate of drug-likeness (QED) is 0.866. The van der Waals surface area contributed by atoms with Gasteiger partial charge in [-0.1, -0.05) is 22.0 Å². The Balaban J connectivity index is 1.85. The van der Waals surface area contributed by atoms with Crippen LogP contribution < -0.4 is 15.0 Å². The van der Waals surface area contributed by atoms with Gasteiger partial charge in [0, 0.05) is 23.1 Å². The highest BCUT2D eigenvalue weighted by molar-refractivity contribution is 9.10. The van der Waals surface area contributed by atoms with Crippen LogP contribution >= 0.6 is 15.9 Å². The van der Waals surface area contributed by atoms with Gasteiger partial charge in [-0.05, 0) is 36.4 Å². The number of nitrogens with one attached hydrogen (secondary N) is 1. The number of nitrogens with zero attached hydrogens (tertiary/aromatic N) is 1. The monoisotopic (exact) mass is 390 g/mol. The van der Waals surface area contributed by atoms with Crippen LogP contribution in [0.3, 0.4) is 0 Å². The van der Waals surface area contributed by atoms with Crippen molar-refractivity contribution in [3.8, 4) is 5.75 Å². The molecule has 0 unspecified atom stereocenters. The van der Waals surface area contributed by atoms with Gasteiger partial charge in [0.25, 0.3) is 5.91 Å². The lowest BCUT2D eigenvalue weighted by Crippen LogP contribution is -2.36. The fourth-order valence-corrected chi connectivity index (χ4v) is 3.01. The second kappa shape index (κ2) is 7.68. The molecule has 0 bridgehead atoms. The Morgan fingerprint density at radius 3 is 2.75 bits per heavy atom. The molecule has 0 saturated carbocycles. The Morgan fingerprint density at radius 1 is 1.21 bits per heavy atom. The number of methoxy groups -OCH3 is 1. The number of halogens is 1. The molecule has 0 aromatic heterocycles. The van der Waals surface area contributed by atoms with Crippen molar-refractivity contribution in [2.45, 2.75) is 0 Å². The van der Waals surface area contributed by atoms with E-state index in [9.17, 15) is 4.79 Å². The molecule has 1 aliphatic heterocycles. The molecule has 3 rings (SSSR count). The molecule has 1 heterocycles. The molecule has 0 radical (unpaired) electrons. The first-order chi connectivity index (χ1) is 11.7. The predicted molar refractivity (Wildman–Crippen MR) is 98.1 cm³/mol. The number of hydrogen-bond donors (Lipinski definition) is 1. The van der Waals surface area contributed by atoms with E-state index in [2.05, 4.69) is 26.1 Å². The first-order valence-electron chi connectivity index (χ1n) is 7.75. The van der Waals surface area contributed by atoms with Crippen LogP contribution in [0.4, 0.5) is 11.4 Å². The van der Waals surface area contributed by atoms with Gasteiger partial charge in [-0.2, -0.15) is 0 Å². The summed E-state index contributed by atoms with van der Waals surface area (Å²) < 4.78 is 11.5. The van der Waals surface area contributed by atoms with Crippen molar-refractivity contribution in [2.24, 2.45) is 0 Å². The van der Waals surface area contributed by atoms with E-state index in [0.29, 0.717) is 24.5 Å². The fraction of sp³-hybridized carbons (Fsp3) is 0.278. The van der Waals surface area contributed by atoms with Gasteiger partial charge in [-0.25, -0.2) is 0 Å². The standard InChI is InChI=1S/C18H19BrN2O3/c1-23-15-4-2-3-13(11-15)18(22)20-16-12-14(19)5-6-17(16)21-7-9-24-10-8-21/h2-6,11-12H,7-10H2,1H3,(H,20,22). The molecule has 5 nitrogen and oxygen atoms in total. The predicted octanol–water partition coefficient (Wildman–Crippen LogP) is 3.55. The largest absolute Gasteiger partial charge is 0.497 e. The Kier molecular flexibility index (Phi) is 5.37. The number of ether oxygens (including phenoxy) is 2. The molecule has 1 saturated heterocycles. The Labute approximate surface area is 149 Å². The van der Waals surface area contributed by atoms with Crippen molar-refractivity contribution in [3.05, 3.63) is 52.5 Å². The van der Waals surface area contributed by atoms with Crippen LogP contribution in [0.1, 0.15) is 10.4 Å². The summed E-state index contributed by atoms with van der Waals surface area (Å²) in [6, 6.07) is 13.0. The van der Waals surface area contributed by atoms with Crippen LogP contribution in [0.25, 0.3) is 0 Å². The van der Waals surface area contributed by atoms with Crippen LogP contribution in [0.5, 0.6) is 5.75 Å². The Bertz CT molecular complexity index is 730. The highest BCUT2D eigenvalue weighted by Gasteiger charge is 2.17. The van der Waals surface area contributed by atoms with Gasteiger partial charge >= 0.3 is 0 Å². The Morgan fingerprint density at radius 2 is 2.00 bits per heavy atom. The summed E-state index contributed by atoms with van der Waals surface area (Å²) >= 11 is 3.47. The van der Waals surface area contributed by atoms with Gasteiger partial charge in [0.2, 0.25) is 0 Å². The highest BCUT2D eigenvalue weighted by atomic mass is 79.9. The molecule has 1 N–H and O–H groups in total. The highest BCUT2D eigenvalue weighted by Crippen LogP contribution is 2.30. The van der Waals surface area contributed by atoms with E-state index in [-0.39, 0.29) is 5.91 Å². The minimum absolute atomic E-state index is 0.165. The lowest BCUT2D eigenvalue weighted by atomic mass is 10.1. The van der Waals surface area contributed by atoms with E-state index in [1.807, 2.05) is 24.3 Å². The topological polar surface area (TPSA) is 50.8 Å². The van der Waals surface area contributed by atoms with E-state index in [1.54, 1.807) is 25.3 Å². The number of carbonyl (C=O) groups is 1. The molecule has 6 heteroatoms. The maximum Gasteiger partial charge on any atom is 0.255 e. The second-order valence-electron chi connectivity index (χ2n) is 5.45. The summed E-state index contributed by atoms with van der Waals surface area (Å²) in [5, 5.41) is 3.01. The van der Waals surface area contributed by atoms with E-state index >= 15 is 0 Å². The Hall–Kier alpha value is -2.05. The third kappa shape index (κ3) is 3.88. The fourth-order valence-electron chi connectivity index (χ4n) is 2.65. The van der Waals surface area contributed by atoms with E-state index in [1.165, 1.54) is 0 Å². The molecule has 0 spiro atoms. The first kappa shape index (κ1) is 16.8. The summed E-state index contributed by atoms with van der Waals surface area (Å²) in [7, 11) is 1.59. The molecule has 126 valence electrons. The average molecular weight is 391 g/mol. The zero-order valence-electron chi connectivity index (χ0n) is 13.4. The van der Waals surface area contributed by atoms with Crippen molar-refractivity contribution < 1.29 is 14.3 Å².